The topological polar surface area (TPSA) is 72.2 Å². The number of aromatic nitrogens is 1. The summed E-state index contributed by atoms with van der Waals surface area (Å²) in [7, 11) is 0. The Balaban J connectivity index is 2.21. The van der Waals surface area contributed by atoms with E-state index in [-0.39, 0.29) is 0 Å². The lowest BCUT2D eigenvalue weighted by atomic mass is 10.2. The summed E-state index contributed by atoms with van der Waals surface area (Å²) in [5.41, 5.74) is 2.50. The third-order valence-corrected chi connectivity index (χ3v) is 1.90. The van der Waals surface area contributed by atoms with Gasteiger partial charge in [0.1, 0.15) is 11.6 Å². The Kier molecular flexibility index (Phi) is 5.60. The summed E-state index contributed by atoms with van der Waals surface area (Å²) in [5, 5.41) is 3.16. The molecule has 1 aromatic heterocycles. The standard InChI is InChI=1S/C11H20N4O/c1-9(2)8-16-7-6-13-10-4-3-5-11(14-10)15-12/h3-5,9H,6-8,12H2,1-2H3,(H2,13,14,15). The van der Waals surface area contributed by atoms with Gasteiger partial charge in [-0.15, -0.1) is 0 Å². The van der Waals surface area contributed by atoms with Crippen LogP contribution in [-0.4, -0.2) is 24.7 Å². The highest BCUT2D eigenvalue weighted by Gasteiger charge is 1.96. The largest absolute Gasteiger partial charge is 0.379 e. The zero-order chi connectivity index (χ0) is 11.8. The average Bonchev–Trinajstić information content (AvgIpc) is 2.28. The number of hydrogen-bond acceptors (Lipinski definition) is 5. The highest BCUT2D eigenvalue weighted by molar-refractivity contribution is 5.44. The van der Waals surface area contributed by atoms with E-state index in [1.807, 2.05) is 12.1 Å². The Morgan fingerprint density at radius 1 is 1.38 bits per heavy atom. The number of nitrogens with zero attached hydrogens (tertiary/aromatic N) is 1. The van der Waals surface area contributed by atoms with Crippen molar-refractivity contribution in [1.82, 2.24) is 4.98 Å². The first-order valence-corrected chi connectivity index (χ1v) is 5.47. The summed E-state index contributed by atoms with van der Waals surface area (Å²) in [4.78, 5) is 4.22. The molecule has 16 heavy (non-hydrogen) atoms. The molecule has 0 bridgehead atoms. The van der Waals surface area contributed by atoms with E-state index in [0.717, 1.165) is 19.0 Å². The van der Waals surface area contributed by atoms with Crippen LogP contribution in [0.5, 0.6) is 0 Å². The average molecular weight is 224 g/mol. The first kappa shape index (κ1) is 12.7. The van der Waals surface area contributed by atoms with Crippen molar-refractivity contribution in [2.24, 2.45) is 11.8 Å². The van der Waals surface area contributed by atoms with Crippen LogP contribution in [0.15, 0.2) is 18.2 Å². The minimum Gasteiger partial charge on any atom is -0.379 e. The van der Waals surface area contributed by atoms with Crippen LogP contribution in [0.1, 0.15) is 13.8 Å². The van der Waals surface area contributed by atoms with Gasteiger partial charge in [-0.3, -0.25) is 0 Å². The SMILES string of the molecule is CC(C)COCCNc1cccc(NN)n1. The van der Waals surface area contributed by atoms with E-state index in [1.54, 1.807) is 6.07 Å². The van der Waals surface area contributed by atoms with Crippen LogP contribution < -0.4 is 16.6 Å². The third-order valence-electron chi connectivity index (χ3n) is 1.90. The van der Waals surface area contributed by atoms with Crippen molar-refractivity contribution in [2.75, 3.05) is 30.5 Å². The second-order valence-electron chi connectivity index (χ2n) is 3.95. The first-order valence-electron chi connectivity index (χ1n) is 5.47. The molecule has 1 heterocycles. The maximum absolute atomic E-state index is 5.44. The molecule has 0 aliphatic heterocycles. The quantitative estimate of drug-likeness (QED) is 0.371. The molecule has 0 aliphatic rings. The summed E-state index contributed by atoms with van der Waals surface area (Å²) in [6, 6.07) is 5.59. The predicted molar refractivity (Wildman–Crippen MR) is 66.2 cm³/mol. The maximum Gasteiger partial charge on any atom is 0.142 e. The number of hydrazine groups is 1. The van der Waals surface area contributed by atoms with Gasteiger partial charge in [0.2, 0.25) is 0 Å². The van der Waals surface area contributed by atoms with Crippen molar-refractivity contribution in [2.45, 2.75) is 13.8 Å². The number of nitrogen functional groups attached to an aromatic ring is 1. The lowest BCUT2D eigenvalue weighted by Crippen LogP contribution is -2.14. The van der Waals surface area contributed by atoms with Crippen LogP contribution >= 0.6 is 0 Å². The van der Waals surface area contributed by atoms with E-state index in [4.69, 9.17) is 10.6 Å². The zero-order valence-electron chi connectivity index (χ0n) is 9.86. The smallest absolute Gasteiger partial charge is 0.142 e. The summed E-state index contributed by atoms with van der Waals surface area (Å²) < 4.78 is 5.44. The zero-order valence-corrected chi connectivity index (χ0v) is 9.86. The second kappa shape index (κ2) is 7.03. The number of anilines is 2. The molecule has 0 unspecified atom stereocenters. The molecule has 5 nitrogen and oxygen atoms in total. The maximum atomic E-state index is 5.44. The van der Waals surface area contributed by atoms with Crippen molar-refractivity contribution in [3.05, 3.63) is 18.2 Å². The van der Waals surface area contributed by atoms with Gasteiger partial charge in [-0.2, -0.15) is 0 Å². The molecule has 0 saturated carbocycles. The Morgan fingerprint density at radius 2 is 2.12 bits per heavy atom. The van der Waals surface area contributed by atoms with Crippen LogP contribution in [0.25, 0.3) is 0 Å². The highest BCUT2D eigenvalue weighted by atomic mass is 16.5. The van der Waals surface area contributed by atoms with E-state index in [9.17, 15) is 0 Å². The fourth-order valence-corrected chi connectivity index (χ4v) is 1.18. The van der Waals surface area contributed by atoms with Crippen molar-refractivity contribution in [3.8, 4) is 0 Å². The molecule has 0 fully saturated rings. The van der Waals surface area contributed by atoms with Gasteiger partial charge < -0.3 is 15.5 Å². The number of nitrogens with two attached hydrogens (primary N) is 1. The van der Waals surface area contributed by atoms with Gasteiger partial charge >= 0.3 is 0 Å². The predicted octanol–water partition coefficient (Wildman–Crippen LogP) is 1.45. The van der Waals surface area contributed by atoms with Gasteiger partial charge in [-0.05, 0) is 18.1 Å². The Labute approximate surface area is 96.4 Å². The monoisotopic (exact) mass is 224 g/mol. The summed E-state index contributed by atoms with van der Waals surface area (Å²) >= 11 is 0. The fraction of sp³-hybridized carbons (Fsp3) is 0.545. The fourth-order valence-electron chi connectivity index (χ4n) is 1.18. The van der Waals surface area contributed by atoms with E-state index in [1.165, 1.54) is 0 Å². The van der Waals surface area contributed by atoms with Gasteiger partial charge in [-0.25, -0.2) is 10.8 Å². The van der Waals surface area contributed by atoms with Crippen molar-refractivity contribution in [3.63, 3.8) is 0 Å². The number of nitrogens with one attached hydrogen (secondary N) is 2. The van der Waals surface area contributed by atoms with Gasteiger partial charge in [0.25, 0.3) is 0 Å². The minimum atomic E-state index is 0.572. The normalized spacial score (nSPS) is 10.5. The summed E-state index contributed by atoms with van der Waals surface area (Å²) in [6.07, 6.45) is 0. The molecular formula is C11H20N4O. The third kappa shape index (κ3) is 4.95. The van der Waals surface area contributed by atoms with E-state index in [0.29, 0.717) is 18.3 Å². The summed E-state index contributed by atoms with van der Waals surface area (Å²) in [5.74, 6) is 7.28. The van der Waals surface area contributed by atoms with Gasteiger partial charge in [0.15, 0.2) is 0 Å². The van der Waals surface area contributed by atoms with Crippen molar-refractivity contribution in [1.29, 1.82) is 0 Å². The molecule has 0 atom stereocenters. The molecule has 4 N–H and O–H groups in total. The first-order chi connectivity index (χ1) is 7.72. The Hall–Kier alpha value is -1.33. The molecule has 1 rings (SSSR count). The molecule has 0 saturated heterocycles. The Bertz CT molecular complexity index is 304. The van der Waals surface area contributed by atoms with E-state index < -0.39 is 0 Å². The molecule has 0 aliphatic carbocycles. The lowest BCUT2D eigenvalue weighted by molar-refractivity contribution is 0.118. The molecular weight excluding hydrogens is 204 g/mol. The van der Waals surface area contributed by atoms with Crippen LogP contribution in [-0.2, 0) is 4.74 Å². The number of rotatable bonds is 7. The molecule has 0 aromatic carbocycles. The molecule has 1 aromatic rings. The Morgan fingerprint density at radius 3 is 2.81 bits per heavy atom. The second-order valence-corrected chi connectivity index (χ2v) is 3.95. The van der Waals surface area contributed by atoms with Crippen molar-refractivity contribution >= 4 is 11.6 Å². The van der Waals surface area contributed by atoms with Gasteiger partial charge in [0, 0.05) is 13.2 Å². The van der Waals surface area contributed by atoms with E-state index >= 15 is 0 Å². The van der Waals surface area contributed by atoms with Gasteiger partial charge in [-0.1, -0.05) is 19.9 Å². The molecule has 0 radical (unpaired) electrons. The van der Waals surface area contributed by atoms with Crippen LogP contribution in [0.2, 0.25) is 0 Å². The molecule has 0 amide bonds. The van der Waals surface area contributed by atoms with Crippen LogP contribution in [0.3, 0.4) is 0 Å². The van der Waals surface area contributed by atoms with Crippen molar-refractivity contribution < 1.29 is 4.74 Å². The van der Waals surface area contributed by atoms with E-state index in [2.05, 4.69) is 29.6 Å². The highest BCUT2D eigenvalue weighted by Crippen LogP contribution is 2.07. The number of ether oxygens (including phenoxy) is 1. The van der Waals surface area contributed by atoms with Crippen LogP contribution in [0, 0.1) is 5.92 Å². The van der Waals surface area contributed by atoms with Crippen LogP contribution in [0.4, 0.5) is 11.6 Å². The van der Waals surface area contributed by atoms with Gasteiger partial charge in [0.05, 0.1) is 6.61 Å². The molecule has 90 valence electrons. The number of pyridine rings is 1. The summed E-state index contributed by atoms with van der Waals surface area (Å²) in [6.45, 7) is 6.48. The molecule has 5 heteroatoms. The lowest BCUT2D eigenvalue weighted by Gasteiger charge is -2.09. The minimum absolute atomic E-state index is 0.572. The molecule has 0 spiro atoms. The number of hydrogen-bond donors (Lipinski definition) is 3.